The third kappa shape index (κ3) is 3.53. The zero-order chi connectivity index (χ0) is 25.7. The molecule has 0 aliphatic carbocycles. The lowest BCUT2D eigenvalue weighted by atomic mass is 9.96. The van der Waals surface area contributed by atoms with Crippen LogP contribution in [0.3, 0.4) is 0 Å². The second kappa shape index (κ2) is 8.13. The summed E-state index contributed by atoms with van der Waals surface area (Å²) in [5.74, 6) is -2.48. The molecule has 0 radical (unpaired) electrons. The normalized spacial score (nSPS) is 11.1. The maximum atomic E-state index is 11.3. The van der Waals surface area contributed by atoms with Gasteiger partial charge in [-0.2, -0.15) is 0 Å². The molecule has 5 aromatic carbocycles. The Kier molecular flexibility index (Phi) is 5.06. The molecular weight excluding hydrogens is 468 g/mol. The molecule has 10 heteroatoms. The summed E-state index contributed by atoms with van der Waals surface area (Å²) in [5.41, 5.74) is 0.448. The SMILES string of the molecule is Oc1ccc(O)c(Nc2ccc(O)c3c(O)c4c(Nc5cc(O)ccc5O)ccc(O)c4c(O)c23)c1. The summed E-state index contributed by atoms with van der Waals surface area (Å²) in [5, 5.41) is 88.9. The smallest absolute Gasteiger partial charge is 0.139 e. The molecule has 36 heavy (non-hydrogen) atoms. The topological polar surface area (TPSA) is 186 Å². The van der Waals surface area contributed by atoms with Crippen molar-refractivity contribution in [3.8, 4) is 46.0 Å². The highest BCUT2D eigenvalue weighted by Crippen LogP contribution is 2.53. The Labute approximate surface area is 202 Å². The summed E-state index contributed by atoms with van der Waals surface area (Å²) >= 11 is 0. The first-order chi connectivity index (χ1) is 17.2. The number of aromatic hydroxyl groups is 8. The summed E-state index contributed by atoms with van der Waals surface area (Å²) in [6, 6.07) is 12.8. The second-order valence-corrected chi connectivity index (χ2v) is 8.11. The van der Waals surface area contributed by atoms with Gasteiger partial charge in [-0.25, -0.2) is 0 Å². The van der Waals surface area contributed by atoms with Crippen molar-refractivity contribution in [1.82, 2.24) is 0 Å². The average molecular weight is 488 g/mol. The molecule has 5 aromatic rings. The summed E-state index contributed by atoms with van der Waals surface area (Å²) < 4.78 is 0. The van der Waals surface area contributed by atoms with Crippen molar-refractivity contribution in [3.05, 3.63) is 60.7 Å². The Morgan fingerprint density at radius 1 is 0.361 bits per heavy atom. The van der Waals surface area contributed by atoms with Crippen molar-refractivity contribution in [1.29, 1.82) is 0 Å². The molecule has 0 atom stereocenters. The van der Waals surface area contributed by atoms with Crippen LogP contribution in [0.1, 0.15) is 0 Å². The molecule has 0 fully saturated rings. The minimum absolute atomic E-state index is 0.0737. The minimum atomic E-state index is -0.503. The molecule has 5 rings (SSSR count). The number of phenolic OH excluding ortho intramolecular Hbond substituents is 8. The summed E-state index contributed by atoms with van der Waals surface area (Å²) in [4.78, 5) is 0. The van der Waals surface area contributed by atoms with Gasteiger partial charge in [-0.1, -0.05) is 0 Å². The average Bonchev–Trinajstić information content (AvgIpc) is 2.84. The van der Waals surface area contributed by atoms with Gasteiger partial charge in [-0.05, 0) is 48.5 Å². The highest BCUT2D eigenvalue weighted by Gasteiger charge is 2.24. The summed E-state index contributed by atoms with van der Waals surface area (Å²) in [7, 11) is 0. The third-order valence-electron chi connectivity index (χ3n) is 5.81. The van der Waals surface area contributed by atoms with Gasteiger partial charge in [0.15, 0.2) is 0 Å². The van der Waals surface area contributed by atoms with Gasteiger partial charge in [-0.3, -0.25) is 0 Å². The molecule has 0 unspecified atom stereocenters. The molecule has 0 saturated heterocycles. The van der Waals surface area contributed by atoms with Gasteiger partial charge >= 0.3 is 0 Å². The van der Waals surface area contributed by atoms with Crippen LogP contribution >= 0.6 is 0 Å². The summed E-state index contributed by atoms with van der Waals surface area (Å²) in [6.07, 6.45) is 0. The largest absolute Gasteiger partial charge is 0.508 e. The molecule has 0 aliphatic rings. The first-order valence-electron chi connectivity index (χ1n) is 10.6. The van der Waals surface area contributed by atoms with Crippen molar-refractivity contribution in [2.75, 3.05) is 10.6 Å². The minimum Gasteiger partial charge on any atom is -0.508 e. The number of benzene rings is 5. The number of phenols is 8. The van der Waals surface area contributed by atoms with Gasteiger partial charge in [-0.15, -0.1) is 0 Å². The van der Waals surface area contributed by atoms with Gasteiger partial charge < -0.3 is 51.5 Å². The van der Waals surface area contributed by atoms with Crippen LogP contribution in [-0.2, 0) is 0 Å². The van der Waals surface area contributed by atoms with Crippen LogP contribution in [0.4, 0.5) is 22.7 Å². The fourth-order valence-electron chi connectivity index (χ4n) is 4.15. The predicted molar refractivity (Wildman–Crippen MR) is 134 cm³/mol. The van der Waals surface area contributed by atoms with Crippen molar-refractivity contribution in [3.63, 3.8) is 0 Å². The van der Waals surface area contributed by atoms with E-state index in [9.17, 15) is 40.9 Å². The molecule has 0 bridgehead atoms. The van der Waals surface area contributed by atoms with E-state index in [-0.39, 0.29) is 78.8 Å². The number of fused-ring (bicyclic) bond motifs is 2. The fourth-order valence-corrected chi connectivity index (χ4v) is 4.15. The Morgan fingerprint density at radius 2 is 0.722 bits per heavy atom. The van der Waals surface area contributed by atoms with Crippen LogP contribution in [0, 0.1) is 0 Å². The Hall–Kier alpha value is -5.38. The van der Waals surface area contributed by atoms with Crippen molar-refractivity contribution >= 4 is 44.3 Å². The van der Waals surface area contributed by atoms with Crippen LogP contribution in [0.25, 0.3) is 21.5 Å². The van der Waals surface area contributed by atoms with E-state index in [1.165, 1.54) is 60.7 Å². The Morgan fingerprint density at radius 3 is 1.11 bits per heavy atom. The zero-order valence-corrected chi connectivity index (χ0v) is 18.4. The van der Waals surface area contributed by atoms with Crippen LogP contribution < -0.4 is 10.6 Å². The van der Waals surface area contributed by atoms with Crippen LogP contribution in [-0.4, -0.2) is 40.9 Å². The number of nitrogens with one attached hydrogen (secondary N) is 2. The Balaban J connectivity index is 1.79. The molecule has 0 amide bonds. The number of rotatable bonds is 4. The number of anilines is 4. The number of hydrogen-bond donors (Lipinski definition) is 10. The third-order valence-corrected chi connectivity index (χ3v) is 5.81. The lowest BCUT2D eigenvalue weighted by Gasteiger charge is -2.19. The van der Waals surface area contributed by atoms with E-state index in [1.54, 1.807) is 0 Å². The van der Waals surface area contributed by atoms with E-state index < -0.39 is 11.5 Å². The molecule has 182 valence electrons. The lowest BCUT2D eigenvalue weighted by Crippen LogP contribution is -1.96. The quantitative estimate of drug-likeness (QED) is 0.0924. The zero-order valence-electron chi connectivity index (χ0n) is 18.4. The van der Waals surface area contributed by atoms with E-state index in [4.69, 9.17) is 0 Å². The van der Waals surface area contributed by atoms with Crippen molar-refractivity contribution < 1.29 is 40.9 Å². The monoisotopic (exact) mass is 488 g/mol. The molecule has 0 aromatic heterocycles. The van der Waals surface area contributed by atoms with E-state index in [0.717, 1.165) is 0 Å². The maximum Gasteiger partial charge on any atom is 0.139 e. The van der Waals surface area contributed by atoms with Crippen molar-refractivity contribution in [2.45, 2.75) is 0 Å². The first-order valence-corrected chi connectivity index (χ1v) is 10.6. The van der Waals surface area contributed by atoms with E-state index in [2.05, 4.69) is 10.6 Å². The number of hydrogen-bond acceptors (Lipinski definition) is 10. The highest BCUT2D eigenvalue weighted by atomic mass is 16.3. The molecule has 0 heterocycles. The molecule has 10 nitrogen and oxygen atoms in total. The second-order valence-electron chi connectivity index (χ2n) is 8.11. The lowest BCUT2D eigenvalue weighted by molar-refractivity contribution is 0.457. The maximum absolute atomic E-state index is 11.3. The van der Waals surface area contributed by atoms with Crippen molar-refractivity contribution in [2.24, 2.45) is 0 Å². The predicted octanol–water partition coefficient (Wildman–Crippen LogP) is 5.13. The van der Waals surface area contributed by atoms with Gasteiger partial charge in [0.25, 0.3) is 0 Å². The van der Waals surface area contributed by atoms with Crippen LogP contribution in [0.2, 0.25) is 0 Å². The van der Waals surface area contributed by atoms with Gasteiger partial charge in [0.2, 0.25) is 0 Å². The Bertz CT molecular complexity index is 1560. The summed E-state index contributed by atoms with van der Waals surface area (Å²) in [6.45, 7) is 0. The van der Waals surface area contributed by atoms with Crippen LogP contribution in [0.15, 0.2) is 60.7 Å². The van der Waals surface area contributed by atoms with Gasteiger partial charge in [0.05, 0.1) is 44.3 Å². The van der Waals surface area contributed by atoms with E-state index >= 15 is 0 Å². The van der Waals surface area contributed by atoms with Gasteiger partial charge in [0, 0.05) is 12.1 Å². The molecule has 0 aliphatic heterocycles. The van der Waals surface area contributed by atoms with Crippen LogP contribution in [0.5, 0.6) is 46.0 Å². The molecular formula is C26H20N2O8. The standard InChI is InChI=1S/C26H20N2O8/c29-11-1-5-17(31)15(9-11)27-13-3-7-19(33)23-21(13)25(35)24-20(34)8-4-14(22(24)26(23)36)28-16-10-12(30)2-6-18(16)32/h1-10,27-36H. The van der Waals surface area contributed by atoms with E-state index in [0.29, 0.717) is 0 Å². The highest BCUT2D eigenvalue weighted by molar-refractivity contribution is 6.21. The molecule has 0 spiro atoms. The van der Waals surface area contributed by atoms with Gasteiger partial charge in [0.1, 0.15) is 46.0 Å². The molecule has 0 saturated carbocycles. The fraction of sp³-hybridized carbons (Fsp3) is 0. The first kappa shape index (κ1) is 22.4. The molecule has 10 N–H and O–H groups in total. The van der Waals surface area contributed by atoms with E-state index in [1.807, 2.05) is 0 Å².